The second kappa shape index (κ2) is 5.21. The second-order valence-corrected chi connectivity index (χ2v) is 10.6. The van der Waals surface area contributed by atoms with Crippen molar-refractivity contribution < 1.29 is 9.80 Å². The van der Waals surface area contributed by atoms with E-state index < -0.39 is 0 Å². The van der Waals surface area contributed by atoms with Crippen LogP contribution in [0.3, 0.4) is 0 Å². The smallest absolute Gasteiger partial charge is 0.127 e. The first-order valence-corrected chi connectivity index (χ1v) is 11.0. The van der Waals surface area contributed by atoms with Gasteiger partial charge in [0.2, 0.25) is 0 Å². The second-order valence-electron chi connectivity index (χ2n) is 10.6. The molecule has 1 saturated heterocycles. The maximum atomic E-state index is 2.06. The van der Waals surface area contributed by atoms with Gasteiger partial charge in [0.15, 0.2) is 0 Å². The molecule has 0 aromatic carbocycles. The molecule has 1 aliphatic heterocycles. The summed E-state index contributed by atoms with van der Waals surface area (Å²) in [6.07, 6.45) is 14.4. The largest absolute Gasteiger partial charge is 0.323 e. The molecule has 0 unspecified atom stereocenters. The molecular formula is C21H36N2+2. The maximum absolute atomic E-state index is 2.06. The monoisotopic (exact) mass is 316 g/mol. The van der Waals surface area contributed by atoms with Crippen LogP contribution in [0.5, 0.6) is 0 Å². The van der Waals surface area contributed by atoms with Crippen LogP contribution in [0.25, 0.3) is 0 Å². The summed E-state index contributed by atoms with van der Waals surface area (Å²) >= 11 is 0. The standard InChI is InChI=1S/C21H34N2/c1-2-17-8-14(1)13-20(17)22-3-5-23(6-4-22)21-18-9-15-7-16(11-18)12-19(21)10-15/h14-21H,1-13H2/p+2/t14-,15?,16?,17-,18?,19?,20-,21?/m0/s1. The minimum Gasteiger partial charge on any atom is -0.323 e. The SMILES string of the molecule is C1C2CC3CC1CC(C2)C3[NH+]1CC[NH+]([C@H]2C[C@H]3CC[C@H]2C3)CC1. The average molecular weight is 317 g/mol. The van der Waals surface area contributed by atoms with Gasteiger partial charge in [0.25, 0.3) is 0 Å². The van der Waals surface area contributed by atoms with Gasteiger partial charge in [0, 0.05) is 24.2 Å². The molecule has 0 radical (unpaired) electrons. The van der Waals surface area contributed by atoms with E-state index in [0.717, 1.165) is 47.6 Å². The highest BCUT2D eigenvalue weighted by atomic mass is 15.3. The molecule has 7 rings (SSSR count). The first-order valence-electron chi connectivity index (χ1n) is 11.0. The van der Waals surface area contributed by atoms with Crippen LogP contribution < -0.4 is 9.80 Å². The lowest BCUT2D eigenvalue weighted by atomic mass is 9.54. The van der Waals surface area contributed by atoms with Gasteiger partial charge in [-0.1, -0.05) is 0 Å². The highest BCUT2D eigenvalue weighted by molar-refractivity contribution is 4.98. The topological polar surface area (TPSA) is 8.88 Å². The summed E-state index contributed by atoms with van der Waals surface area (Å²) in [5, 5.41) is 0. The molecule has 23 heavy (non-hydrogen) atoms. The van der Waals surface area contributed by atoms with Crippen LogP contribution in [-0.4, -0.2) is 38.3 Å². The fraction of sp³-hybridized carbons (Fsp3) is 1.00. The predicted octanol–water partition coefficient (Wildman–Crippen LogP) is 0.783. The molecule has 2 N–H and O–H groups in total. The molecule has 128 valence electrons. The Kier molecular flexibility index (Phi) is 3.20. The first kappa shape index (κ1) is 14.1. The summed E-state index contributed by atoms with van der Waals surface area (Å²) < 4.78 is 0. The highest BCUT2D eigenvalue weighted by Crippen LogP contribution is 2.53. The Balaban J connectivity index is 1.11. The van der Waals surface area contributed by atoms with E-state index in [2.05, 4.69) is 4.90 Å². The van der Waals surface area contributed by atoms with Crippen molar-refractivity contribution in [3.8, 4) is 0 Å². The number of piperazine rings is 1. The zero-order valence-electron chi connectivity index (χ0n) is 14.8. The molecule has 0 aromatic rings. The highest BCUT2D eigenvalue weighted by Gasteiger charge is 2.53. The van der Waals surface area contributed by atoms with Gasteiger partial charge < -0.3 is 9.80 Å². The minimum absolute atomic E-state index is 1.08. The number of hydrogen-bond donors (Lipinski definition) is 2. The molecule has 7 aliphatic rings. The summed E-state index contributed by atoms with van der Waals surface area (Å²) in [5.74, 6) is 6.81. The van der Waals surface area contributed by atoms with Gasteiger partial charge in [-0.05, 0) is 69.1 Å². The van der Waals surface area contributed by atoms with Crippen molar-refractivity contribution in [3.05, 3.63) is 0 Å². The van der Waals surface area contributed by atoms with Crippen LogP contribution in [0.4, 0.5) is 0 Å². The normalized spacial score (nSPS) is 60.5. The lowest BCUT2D eigenvalue weighted by Crippen LogP contribution is -3.32. The van der Waals surface area contributed by atoms with Crippen molar-refractivity contribution in [3.63, 3.8) is 0 Å². The summed E-state index contributed by atoms with van der Waals surface area (Å²) in [7, 11) is 0. The lowest BCUT2D eigenvalue weighted by Gasteiger charge is -2.56. The Labute approximate surface area is 142 Å². The lowest BCUT2D eigenvalue weighted by molar-refractivity contribution is -1.04. The molecule has 3 atom stereocenters. The number of fused-ring (bicyclic) bond motifs is 2. The molecule has 1 heterocycles. The molecule has 6 aliphatic carbocycles. The first-order chi connectivity index (χ1) is 11.3. The van der Waals surface area contributed by atoms with Crippen LogP contribution in [0.1, 0.15) is 57.8 Å². The van der Waals surface area contributed by atoms with Crippen LogP contribution in [0.2, 0.25) is 0 Å². The quantitative estimate of drug-likeness (QED) is 0.745. The third kappa shape index (κ3) is 2.20. The van der Waals surface area contributed by atoms with Crippen LogP contribution in [0, 0.1) is 35.5 Å². The number of hydrogen-bond acceptors (Lipinski definition) is 0. The Morgan fingerprint density at radius 2 is 1.09 bits per heavy atom. The van der Waals surface area contributed by atoms with E-state index in [4.69, 9.17) is 0 Å². The maximum Gasteiger partial charge on any atom is 0.127 e. The van der Waals surface area contributed by atoms with E-state index in [1.54, 1.807) is 57.8 Å². The molecular weight excluding hydrogens is 280 g/mol. The van der Waals surface area contributed by atoms with E-state index in [-0.39, 0.29) is 0 Å². The van der Waals surface area contributed by atoms with E-state index in [1.165, 1.54) is 26.2 Å². The van der Waals surface area contributed by atoms with Crippen LogP contribution in [-0.2, 0) is 0 Å². The number of quaternary nitrogens is 2. The fourth-order valence-corrected chi connectivity index (χ4v) is 8.93. The molecule has 2 nitrogen and oxygen atoms in total. The molecule has 6 saturated carbocycles. The molecule has 0 aromatic heterocycles. The van der Waals surface area contributed by atoms with Crippen LogP contribution >= 0.6 is 0 Å². The van der Waals surface area contributed by atoms with Gasteiger partial charge >= 0.3 is 0 Å². The van der Waals surface area contributed by atoms with Crippen molar-refractivity contribution in [1.82, 2.24) is 0 Å². The molecule has 7 fully saturated rings. The van der Waals surface area contributed by atoms with Gasteiger partial charge in [-0.3, -0.25) is 0 Å². The van der Waals surface area contributed by atoms with Gasteiger partial charge in [0.05, 0.1) is 12.1 Å². The van der Waals surface area contributed by atoms with Gasteiger partial charge in [0.1, 0.15) is 26.2 Å². The fourth-order valence-electron chi connectivity index (χ4n) is 8.93. The molecule has 0 amide bonds. The van der Waals surface area contributed by atoms with Crippen LogP contribution in [0.15, 0.2) is 0 Å². The summed E-state index contributed by atoms with van der Waals surface area (Å²) in [5.41, 5.74) is 0. The van der Waals surface area contributed by atoms with E-state index >= 15 is 0 Å². The van der Waals surface area contributed by atoms with Crippen molar-refractivity contribution >= 4 is 0 Å². The van der Waals surface area contributed by atoms with E-state index in [1.807, 2.05) is 4.90 Å². The summed E-state index contributed by atoms with van der Waals surface area (Å²) in [4.78, 5) is 4.09. The van der Waals surface area contributed by atoms with Gasteiger partial charge in [-0.15, -0.1) is 0 Å². The van der Waals surface area contributed by atoms with Gasteiger partial charge in [-0.25, -0.2) is 0 Å². The minimum atomic E-state index is 1.08. The van der Waals surface area contributed by atoms with E-state index in [0.29, 0.717) is 0 Å². The summed E-state index contributed by atoms with van der Waals surface area (Å²) in [6, 6.07) is 2.16. The number of rotatable bonds is 2. The Bertz CT molecular complexity index is 438. The average Bonchev–Trinajstić information content (AvgIpc) is 3.17. The number of nitrogens with one attached hydrogen (secondary N) is 2. The van der Waals surface area contributed by atoms with Crippen molar-refractivity contribution in [2.24, 2.45) is 35.5 Å². The molecule has 0 spiro atoms. The van der Waals surface area contributed by atoms with E-state index in [9.17, 15) is 0 Å². The van der Waals surface area contributed by atoms with Crippen molar-refractivity contribution in [1.29, 1.82) is 0 Å². The third-order valence-electron chi connectivity index (χ3n) is 9.50. The van der Waals surface area contributed by atoms with Crippen molar-refractivity contribution in [2.75, 3.05) is 26.2 Å². The Hall–Kier alpha value is -0.0800. The third-order valence-corrected chi connectivity index (χ3v) is 9.50. The molecule has 2 heteroatoms. The Morgan fingerprint density at radius 1 is 0.478 bits per heavy atom. The van der Waals surface area contributed by atoms with Crippen molar-refractivity contribution in [2.45, 2.75) is 69.9 Å². The predicted molar refractivity (Wildman–Crippen MR) is 91.5 cm³/mol. The van der Waals surface area contributed by atoms with Gasteiger partial charge in [-0.2, -0.15) is 0 Å². The summed E-state index contributed by atoms with van der Waals surface area (Å²) in [6.45, 7) is 6.03. The zero-order chi connectivity index (χ0) is 15.0. The molecule has 6 bridgehead atoms. The Morgan fingerprint density at radius 3 is 1.65 bits per heavy atom. The zero-order valence-corrected chi connectivity index (χ0v) is 14.8.